The Kier molecular flexibility index (Phi) is 5.66. The third-order valence-electron chi connectivity index (χ3n) is 10.3. The summed E-state index contributed by atoms with van der Waals surface area (Å²) in [5.74, 6) is 1.07. The molecule has 2 unspecified atom stereocenters. The second-order valence-corrected chi connectivity index (χ2v) is 12.9. The quantitative estimate of drug-likeness (QED) is 0.320. The minimum absolute atomic E-state index is 0.00202. The Hall–Kier alpha value is -4.09. The first-order chi connectivity index (χ1) is 21.4. The lowest BCUT2D eigenvalue weighted by Crippen LogP contribution is -2.60. The summed E-state index contributed by atoms with van der Waals surface area (Å²) in [4.78, 5) is 19.1. The van der Waals surface area contributed by atoms with Crippen molar-refractivity contribution in [1.82, 2.24) is 25.2 Å². The van der Waals surface area contributed by atoms with Crippen molar-refractivity contribution >= 4 is 27.5 Å². The minimum atomic E-state index is -0.930. The smallest absolute Gasteiger partial charge is 0.324 e. The molecule has 2 N–H and O–H groups in total. The summed E-state index contributed by atoms with van der Waals surface area (Å²) in [6.45, 7) is 6.60. The van der Waals surface area contributed by atoms with Crippen LogP contribution < -0.4 is 19.7 Å². The average Bonchev–Trinajstić information content (AvgIpc) is 3.64. The van der Waals surface area contributed by atoms with Gasteiger partial charge in [0.05, 0.1) is 22.8 Å². The van der Waals surface area contributed by atoms with Gasteiger partial charge in [0.1, 0.15) is 41.3 Å². The van der Waals surface area contributed by atoms with Crippen LogP contribution in [-0.2, 0) is 0 Å². The maximum atomic E-state index is 15.2. The summed E-state index contributed by atoms with van der Waals surface area (Å²) in [7, 11) is 0. The Morgan fingerprint density at radius 1 is 1.14 bits per heavy atom. The summed E-state index contributed by atoms with van der Waals surface area (Å²) in [6, 6.07) is 10.3. The van der Waals surface area contributed by atoms with Crippen LogP contribution in [0.1, 0.15) is 32.1 Å². The molecule has 2 bridgehead atoms. The van der Waals surface area contributed by atoms with Gasteiger partial charge in [-0.05, 0) is 61.9 Å². The number of halogens is 2. The van der Waals surface area contributed by atoms with Gasteiger partial charge in [-0.15, -0.1) is 0 Å². The van der Waals surface area contributed by atoms with Crippen molar-refractivity contribution in [3.05, 3.63) is 54.6 Å². The molecule has 4 aromatic rings. The lowest BCUT2D eigenvalue weighted by atomic mass is 9.92. The van der Waals surface area contributed by atoms with Gasteiger partial charge in [0.25, 0.3) is 0 Å². The number of piperazine rings is 1. The van der Waals surface area contributed by atoms with Crippen molar-refractivity contribution in [2.75, 3.05) is 31.1 Å². The molecule has 7 heterocycles. The highest BCUT2D eigenvalue weighted by atomic mass is 19.1. The van der Waals surface area contributed by atoms with Crippen molar-refractivity contribution in [2.45, 2.75) is 61.9 Å². The van der Waals surface area contributed by atoms with E-state index < -0.39 is 17.5 Å². The molecule has 0 aliphatic carbocycles. The standard InChI is InChI=1S/C33H32F2N6O3/c1-17(33-8-3-9-40(33)14-19(34)13-33)44-32-38-26-12-25(22-11-21(42)10-18-4-2-5-23(35)28(18)22)37-31-29(26)30(39-32)41-15-20-6-7-24(36-20)27(41)16-43-31/h2,4-5,10-12,19-20,24,27,36,42H,1,3,6-9,13-16H2/t19-,20?,24?,27-,33+/m1/s1. The van der Waals surface area contributed by atoms with Gasteiger partial charge in [-0.2, -0.15) is 9.97 Å². The molecular weight excluding hydrogens is 566 g/mol. The number of nitrogens with zero attached hydrogens (tertiary/aromatic N) is 5. The minimum Gasteiger partial charge on any atom is -0.508 e. The van der Waals surface area contributed by atoms with E-state index in [0.717, 1.165) is 38.8 Å². The van der Waals surface area contributed by atoms with Crippen molar-refractivity contribution in [3.8, 4) is 28.9 Å². The van der Waals surface area contributed by atoms with E-state index in [9.17, 15) is 9.50 Å². The van der Waals surface area contributed by atoms with Crippen molar-refractivity contribution < 1.29 is 23.4 Å². The molecule has 5 aliphatic heterocycles. The van der Waals surface area contributed by atoms with E-state index in [1.807, 2.05) is 0 Å². The van der Waals surface area contributed by atoms with Crippen LogP contribution in [0, 0.1) is 5.82 Å². The van der Waals surface area contributed by atoms with Crippen LogP contribution in [0.15, 0.2) is 48.7 Å². The molecule has 0 amide bonds. The van der Waals surface area contributed by atoms with E-state index in [-0.39, 0.29) is 23.8 Å². The molecule has 9 nitrogen and oxygen atoms in total. The number of alkyl halides is 1. The van der Waals surface area contributed by atoms with Gasteiger partial charge in [-0.3, -0.25) is 4.90 Å². The molecule has 9 rings (SSSR count). The Morgan fingerprint density at radius 2 is 2.05 bits per heavy atom. The van der Waals surface area contributed by atoms with Crippen molar-refractivity contribution in [1.29, 1.82) is 0 Å². The fourth-order valence-corrected chi connectivity index (χ4v) is 8.38. The molecule has 44 heavy (non-hydrogen) atoms. The number of hydrogen-bond donors (Lipinski definition) is 2. The van der Waals surface area contributed by atoms with Gasteiger partial charge >= 0.3 is 6.01 Å². The van der Waals surface area contributed by atoms with E-state index in [1.165, 1.54) is 18.2 Å². The van der Waals surface area contributed by atoms with Crippen molar-refractivity contribution in [3.63, 3.8) is 0 Å². The number of anilines is 1. The molecule has 5 atom stereocenters. The molecule has 4 fully saturated rings. The van der Waals surface area contributed by atoms with Crippen LogP contribution in [0.3, 0.4) is 0 Å². The largest absolute Gasteiger partial charge is 0.508 e. The third-order valence-corrected chi connectivity index (χ3v) is 10.3. The number of ether oxygens (including phenoxy) is 2. The van der Waals surface area contributed by atoms with Crippen LogP contribution in [0.2, 0.25) is 0 Å². The molecule has 0 radical (unpaired) electrons. The number of benzene rings is 2. The number of nitrogens with one attached hydrogen (secondary N) is 1. The molecule has 11 heteroatoms. The van der Waals surface area contributed by atoms with E-state index in [4.69, 9.17) is 24.4 Å². The molecular formula is C33H32F2N6O3. The number of fused-ring (bicyclic) bond motifs is 7. The predicted octanol–water partition coefficient (Wildman–Crippen LogP) is 4.86. The first-order valence-corrected chi connectivity index (χ1v) is 15.4. The number of phenols is 1. The number of aromatic hydroxyl groups is 1. The van der Waals surface area contributed by atoms with Crippen LogP contribution >= 0.6 is 0 Å². The maximum absolute atomic E-state index is 15.2. The van der Waals surface area contributed by atoms with E-state index >= 15 is 4.39 Å². The van der Waals surface area contributed by atoms with Gasteiger partial charge in [0.2, 0.25) is 5.88 Å². The zero-order valence-electron chi connectivity index (χ0n) is 24.1. The molecule has 226 valence electrons. The van der Waals surface area contributed by atoms with Crippen LogP contribution in [0.4, 0.5) is 14.6 Å². The fraction of sp³-hybridized carbons (Fsp3) is 0.424. The van der Waals surface area contributed by atoms with Gasteiger partial charge in [0.15, 0.2) is 0 Å². The molecule has 2 aromatic heterocycles. The summed E-state index contributed by atoms with van der Waals surface area (Å²) in [5.41, 5.74) is 0.782. The Bertz CT molecular complexity index is 1870. The van der Waals surface area contributed by atoms with Gasteiger partial charge < -0.3 is 24.8 Å². The summed E-state index contributed by atoms with van der Waals surface area (Å²) in [6.07, 6.45) is 3.26. The lowest BCUT2D eigenvalue weighted by molar-refractivity contribution is 0.171. The third kappa shape index (κ3) is 3.84. The first-order valence-electron chi connectivity index (χ1n) is 15.4. The SMILES string of the molecule is C=C(Oc1nc2c3c(nc(-c4cc(O)cc5cccc(F)c45)cc3n1)OC[C@@H]1C3CCC(CN21)N3)[C@@]12CCCN1C[C@H](F)C2. The Morgan fingerprint density at radius 3 is 2.95 bits per heavy atom. The number of aromatic nitrogens is 3. The van der Waals surface area contributed by atoms with Crippen molar-refractivity contribution in [2.24, 2.45) is 0 Å². The fourth-order valence-electron chi connectivity index (χ4n) is 8.38. The zero-order chi connectivity index (χ0) is 29.7. The van der Waals surface area contributed by atoms with E-state index in [0.29, 0.717) is 76.0 Å². The van der Waals surface area contributed by atoms with Gasteiger partial charge in [-0.1, -0.05) is 18.7 Å². The topological polar surface area (TPSA) is 95.9 Å². The molecule has 4 saturated heterocycles. The average molecular weight is 599 g/mol. The molecule has 2 aromatic carbocycles. The Labute approximate surface area is 252 Å². The molecule has 0 spiro atoms. The van der Waals surface area contributed by atoms with Crippen LogP contribution in [-0.4, -0.2) is 81.0 Å². The maximum Gasteiger partial charge on any atom is 0.324 e. The lowest BCUT2D eigenvalue weighted by Gasteiger charge is -2.40. The normalized spacial score (nSPS) is 29.0. The number of hydrogen-bond acceptors (Lipinski definition) is 9. The Balaban J connectivity index is 1.22. The highest BCUT2D eigenvalue weighted by molar-refractivity contribution is 6.01. The number of rotatable bonds is 4. The summed E-state index contributed by atoms with van der Waals surface area (Å²) >= 11 is 0. The second kappa shape index (κ2) is 9.45. The van der Waals surface area contributed by atoms with Crippen LogP contribution in [0.25, 0.3) is 32.9 Å². The summed E-state index contributed by atoms with van der Waals surface area (Å²) in [5, 5.41) is 15.8. The van der Waals surface area contributed by atoms with E-state index in [1.54, 1.807) is 18.2 Å². The number of phenolic OH excluding ortho intramolecular Hbond substituents is 1. The monoisotopic (exact) mass is 598 g/mol. The highest BCUT2D eigenvalue weighted by Gasteiger charge is 2.52. The second-order valence-electron chi connectivity index (χ2n) is 12.9. The van der Waals surface area contributed by atoms with Crippen LogP contribution in [0.5, 0.6) is 17.6 Å². The van der Waals surface area contributed by atoms with Gasteiger partial charge in [-0.25, -0.2) is 13.8 Å². The first kappa shape index (κ1) is 26.3. The summed E-state index contributed by atoms with van der Waals surface area (Å²) < 4.78 is 42.6. The number of pyridine rings is 1. The molecule has 0 saturated carbocycles. The predicted molar refractivity (Wildman–Crippen MR) is 161 cm³/mol. The highest BCUT2D eigenvalue weighted by Crippen LogP contribution is 2.46. The molecule has 5 aliphatic rings. The van der Waals surface area contributed by atoms with E-state index in [2.05, 4.69) is 21.7 Å². The zero-order valence-corrected chi connectivity index (χ0v) is 24.1. The van der Waals surface area contributed by atoms with Gasteiger partial charge in [0, 0.05) is 42.5 Å².